The second kappa shape index (κ2) is 6.98. The van der Waals surface area contributed by atoms with Gasteiger partial charge in [-0.15, -0.1) is 0 Å². The number of sulfonamides is 1. The van der Waals surface area contributed by atoms with Crippen molar-refractivity contribution in [3.63, 3.8) is 0 Å². The molecule has 1 amide bonds. The van der Waals surface area contributed by atoms with Crippen LogP contribution in [0.2, 0.25) is 5.02 Å². The van der Waals surface area contributed by atoms with Gasteiger partial charge in [0.05, 0.1) is 5.02 Å². The summed E-state index contributed by atoms with van der Waals surface area (Å²) < 4.78 is 26.9. The molecule has 0 N–H and O–H groups in total. The standard InChI is InChI=1S/C15H21ClN2O3S/c1-3-17(2)15(19)12-7-8-13(16)14(11-12)22(20,21)18-9-5-4-6-10-18/h7-8,11H,3-6,9-10H2,1-2H3. The fraction of sp³-hybridized carbons (Fsp3) is 0.533. The van der Waals surface area contributed by atoms with Gasteiger partial charge in [0.1, 0.15) is 4.90 Å². The SMILES string of the molecule is CCN(C)C(=O)c1ccc(Cl)c(S(=O)(=O)N2CCCCC2)c1. The van der Waals surface area contributed by atoms with Crippen LogP contribution in [0.3, 0.4) is 0 Å². The molecule has 1 aromatic rings. The molecule has 0 aliphatic carbocycles. The topological polar surface area (TPSA) is 57.7 Å². The molecular weight excluding hydrogens is 324 g/mol. The molecule has 1 saturated heterocycles. The first-order valence-corrected chi connectivity index (χ1v) is 9.25. The van der Waals surface area contributed by atoms with E-state index in [0.29, 0.717) is 25.2 Å². The number of carbonyl (C=O) groups excluding carboxylic acids is 1. The van der Waals surface area contributed by atoms with Gasteiger partial charge in [-0.25, -0.2) is 8.42 Å². The monoisotopic (exact) mass is 344 g/mol. The lowest BCUT2D eigenvalue weighted by Crippen LogP contribution is -2.36. The first-order valence-electron chi connectivity index (χ1n) is 7.43. The lowest BCUT2D eigenvalue weighted by molar-refractivity contribution is 0.0802. The Morgan fingerprint density at radius 2 is 1.91 bits per heavy atom. The first kappa shape index (κ1) is 17.2. The minimum atomic E-state index is -3.65. The van der Waals surface area contributed by atoms with Crippen LogP contribution in [0, 0.1) is 0 Å². The van der Waals surface area contributed by atoms with Crippen LogP contribution in [0.15, 0.2) is 23.1 Å². The molecule has 1 fully saturated rings. The molecule has 1 aliphatic heterocycles. The Bertz CT molecular complexity index is 655. The van der Waals surface area contributed by atoms with Gasteiger partial charge in [0, 0.05) is 32.2 Å². The fourth-order valence-corrected chi connectivity index (χ4v) is 4.46. The quantitative estimate of drug-likeness (QED) is 0.843. The van der Waals surface area contributed by atoms with E-state index in [9.17, 15) is 13.2 Å². The normalized spacial score (nSPS) is 16.5. The van der Waals surface area contributed by atoms with Crippen molar-refractivity contribution < 1.29 is 13.2 Å². The minimum Gasteiger partial charge on any atom is -0.342 e. The van der Waals surface area contributed by atoms with E-state index in [1.165, 1.54) is 21.3 Å². The van der Waals surface area contributed by atoms with Crippen molar-refractivity contribution in [2.24, 2.45) is 0 Å². The van der Waals surface area contributed by atoms with Crippen molar-refractivity contribution in [3.8, 4) is 0 Å². The predicted octanol–water partition coefficient (Wildman–Crippen LogP) is 2.61. The van der Waals surface area contributed by atoms with Gasteiger partial charge in [0.15, 0.2) is 0 Å². The van der Waals surface area contributed by atoms with E-state index >= 15 is 0 Å². The zero-order valence-corrected chi connectivity index (χ0v) is 14.5. The van der Waals surface area contributed by atoms with Crippen molar-refractivity contribution in [2.45, 2.75) is 31.1 Å². The van der Waals surface area contributed by atoms with Crippen molar-refractivity contribution in [1.29, 1.82) is 0 Å². The Hall–Kier alpha value is -1.11. The van der Waals surface area contributed by atoms with Crippen LogP contribution < -0.4 is 0 Å². The van der Waals surface area contributed by atoms with Gasteiger partial charge in [0.25, 0.3) is 5.91 Å². The summed E-state index contributed by atoms with van der Waals surface area (Å²) in [7, 11) is -1.97. The summed E-state index contributed by atoms with van der Waals surface area (Å²) >= 11 is 6.09. The van der Waals surface area contributed by atoms with Gasteiger partial charge >= 0.3 is 0 Å². The van der Waals surface area contributed by atoms with Crippen LogP contribution in [0.5, 0.6) is 0 Å². The average molecular weight is 345 g/mol. The maximum Gasteiger partial charge on any atom is 0.253 e. The number of piperidine rings is 1. The third kappa shape index (κ3) is 3.45. The number of halogens is 1. The van der Waals surface area contributed by atoms with Gasteiger partial charge in [-0.05, 0) is 38.0 Å². The van der Waals surface area contributed by atoms with Crippen molar-refractivity contribution in [2.75, 3.05) is 26.7 Å². The third-order valence-electron chi connectivity index (χ3n) is 3.93. The second-order valence-corrected chi connectivity index (χ2v) is 7.74. The highest BCUT2D eigenvalue weighted by atomic mass is 35.5. The largest absolute Gasteiger partial charge is 0.342 e. The smallest absolute Gasteiger partial charge is 0.253 e. The number of carbonyl (C=O) groups is 1. The van der Waals surface area contributed by atoms with Gasteiger partial charge in [-0.3, -0.25) is 4.79 Å². The molecule has 0 bridgehead atoms. The number of amides is 1. The molecule has 7 heteroatoms. The first-order chi connectivity index (χ1) is 10.4. The van der Waals surface area contributed by atoms with E-state index in [-0.39, 0.29) is 15.8 Å². The van der Waals surface area contributed by atoms with E-state index in [1.807, 2.05) is 6.92 Å². The Morgan fingerprint density at radius 1 is 1.27 bits per heavy atom. The van der Waals surface area contributed by atoms with Crippen molar-refractivity contribution in [3.05, 3.63) is 28.8 Å². The maximum atomic E-state index is 12.7. The predicted molar refractivity (Wildman–Crippen MR) is 86.7 cm³/mol. The Kier molecular flexibility index (Phi) is 5.47. The Balaban J connectivity index is 2.39. The molecule has 1 heterocycles. The molecule has 2 rings (SSSR count). The van der Waals surface area contributed by atoms with E-state index in [0.717, 1.165) is 19.3 Å². The Morgan fingerprint density at radius 3 is 2.50 bits per heavy atom. The van der Waals surface area contributed by atoms with Gasteiger partial charge < -0.3 is 4.90 Å². The number of hydrogen-bond donors (Lipinski definition) is 0. The fourth-order valence-electron chi connectivity index (χ4n) is 2.44. The summed E-state index contributed by atoms with van der Waals surface area (Å²) in [5.41, 5.74) is 0.337. The number of nitrogens with zero attached hydrogens (tertiary/aromatic N) is 2. The molecule has 0 aromatic heterocycles. The van der Waals surface area contributed by atoms with Gasteiger partial charge in [0.2, 0.25) is 10.0 Å². The average Bonchev–Trinajstić information content (AvgIpc) is 2.54. The molecular formula is C15H21ClN2O3S. The van der Waals surface area contributed by atoms with Gasteiger partial charge in [-0.2, -0.15) is 4.31 Å². The van der Waals surface area contributed by atoms with Crippen LogP contribution in [0.4, 0.5) is 0 Å². The minimum absolute atomic E-state index is 0.0198. The zero-order valence-electron chi connectivity index (χ0n) is 12.9. The van der Waals surface area contributed by atoms with Crippen LogP contribution in [-0.2, 0) is 10.0 Å². The van der Waals surface area contributed by atoms with E-state index < -0.39 is 10.0 Å². The summed E-state index contributed by atoms with van der Waals surface area (Å²) in [6, 6.07) is 4.43. The van der Waals surface area contributed by atoms with Gasteiger partial charge in [-0.1, -0.05) is 18.0 Å². The zero-order chi connectivity index (χ0) is 16.3. The van der Waals surface area contributed by atoms with Crippen molar-refractivity contribution >= 4 is 27.5 Å². The molecule has 0 unspecified atom stereocenters. The number of rotatable bonds is 4. The summed E-state index contributed by atoms with van der Waals surface area (Å²) in [5, 5.41) is 0.154. The van der Waals surface area contributed by atoms with Crippen molar-refractivity contribution in [1.82, 2.24) is 9.21 Å². The lowest BCUT2D eigenvalue weighted by atomic mass is 10.2. The van der Waals surface area contributed by atoms with Crippen LogP contribution in [0.1, 0.15) is 36.5 Å². The highest BCUT2D eigenvalue weighted by Gasteiger charge is 2.29. The summed E-state index contributed by atoms with van der Waals surface area (Å²) in [5.74, 6) is -0.214. The molecule has 0 saturated carbocycles. The maximum absolute atomic E-state index is 12.7. The third-order valence-corrected chi connectivity index (χ3v) is 6.31. The van der Waals surface area contributed by atoms with E-state index in [1.54, 1.807) is 13.1 Å². The summed E-state index contributed by atoms with van der Waals surface area (Å²) in [4.78, 5) is 13.8. The molecule has 1 aliphatic rings. The Labute approximate surface area is 136 Å². The van der Waals surface area contributed by atoms with E-state index in [2.05, 4.69) is 0 Å². The molecule has 0 spiro atoms. The van der Waals surface area contributed by atoms with E-state index in [4.69, 9.17) is 11.6 Å². The highest BCUT2D eigenvalue weighted by Crippen LogP contribution is 2.28. The van der Waals surface area contributed by atoms with Crippen LogP contribution in [0.25, 0.3) is 0 Å². The second-order valence-electron chi connectivity index (χ2n) is 5.43. The molecule has 122 valence electrons. The lowest BCUT2D eigenvalue weighted by Gasteiger charge is -2.26. The summed E-state index contributed by atoms with van der Waals surface area (Å²) in [6.07, 6.45) is 2.75. The molecule has 22 heavy (non-hydrogen) atoms. The molecule has 0 atom stereocenters. The number of hydrogen-bond acceptors (Lipinski definition) is 3. The summed E-state index contributed by atoms with van der Waals surface area (Å²) in [6.45, 7) is 3.42. The number of benzene rings is 1. The van der Waals surface area contributed by atoms with Crippen LogP contribution >= 0.6 is 11.6 Å². The molecule has 5 nitrogen and oxygen atoms in total. The molecule has 0 radical (unpaired) electrons. The molecule has 1 aromatic carbocycles. The highest BCUT2D eigenvalue weighted by molar-refractivity contribution is 7.89. The van der Waals surface area contributed by atoms with Crippen LogP contribution in [-0.4, -0.2) is 50.2 Å².